The van der Waals surface area contributed by atoms with Crippen LogP contribution in [-0.2, 0) is 6.42 Å². The molecular weight excluding hydrogens is 214 g/mol. The van der Waals surface area contributed by atoms with Crippen molar-refractivity contribution < 1.29 is 4.79 Å². The van der Waals surface area contributed by atoms with Crippen LogP contribution >= 0.6 is 0 Å². The molecule has 0 saturated carbocycles. The van der Waals surface area contributed by atoms with Crippen molar-refractivity contribution in [1.82, 2.24) is 9.55 Å². The summed E-state index contributed by atoms with van der Waals surface area (Å²) in [6.07, 6.45) is 5.58. The summed E-state index contributed by atoms with van der Waals surface area (Å²) in [6, 6.07) is 5.83. The molecular formula is C13H15N3O. The van der Waals surface area contributed by atoms with E-state index in [0.29, 0.717) is 0 Å². The maximum Gasteiger partial charge on any atom is 0.331 e. The fourth-order valence-electron chi connectivity index (χ4n) is 1.75. The summed E-state index contributed by atoms with van der Waals surface area (Å²) in [5, 5.41) is 2.92. The molecule has 0 fully saturated rings. The second kappa shape index (κ2) is 4.82. The van der Waals surface area contributed by atoms with E-state index in [-0.39, 0.29) is 6.03 Å². The van der Waals surface area contributed by atoms with Crippen LogP contribution in [0.25, 0.3) is 0 Å². The molecule has 1 N–H and O–H groups in total. The Kier molecular flexibility index (Phi) is 3.23. The van der Waals surface area contributed by atoms with Crippen molar-refractivity contribution in [1.29, 1.82) is 0 Å². The third-order valence-corrected chi connectivity index (χ3v) is 2.71. The summed E-state index contributed by atoms with van der Waals surface area (Å²) in [6.45, 7) is 4.06. The number of amides is 1. The average molecular weight is 229 g/mol. The van der Waals surface area contributed by atoms with Gasteiger partial charge in [-0.25, -0.2) is 9.78 Å². The molecule has 0 aliphatic rings. The van der Waals surface area contributed by atoms with Crippen molar-refractivity contribution >= 4 is 11.7 Å². The summed E-state index contributed by atoms with van der Waals surface area (Å²) >= 11 is 0. The molecule has 88 valence electrons. The minimum atomic E-state index is -0.188. The summed E-state index contributed by atoms with van der Waals surface area (Å²) in [5.41, 5.74) is 3.10. The minimum absolute atomic E-state index is 0.188. The van der Waals surface area contributed by atoms with E-state index in [4.69, 9.17) is 0 Å². The van der Waals surface area contributed by atoms with Crippen molar-refractivity contribution in [2.75, 3.05) is 5.32 Å². The van der Waals surface area contributed by atoms with Gasteiger partial charge in [0.2, 0.25) is 0 Å². The number of nitrogens with one attached hydrogen (secondary N) is 1. The molecule has 0 aliphatic heterocycles. The standard InChI is InChI=1S/C13H15N3O/c1-3-11-6-4-5-10(2)12(11)15-13(17)16-8-7-14-9-16/h4-9H,3H2,1-2H3,(H,15,17). The van der Waals surface area contributed by atoms with E-state index >= 15 is 0 Å². The van der Waals surface area contributed by atoms with Gasteiger partial charge in [-0.1, -0.05) is 25.1 Å². The van der Waals surface area contributed by atoms with Crippen molar-refractivity contribution in [2.45, 2.75) is 20.3 Å². The van der Waals surface area contributed by atoms with E-state index in [9.17, 15) is 4.79 Å². The van der Waals surface area contributed by atoms with E-state index in [2.05, 4.69) is 17.2 Å². The lowest BCUT2D eigenvalue weighted by Crippen LogP contribution is -2.19. The first kappa shape index (κ1) is 11.4. The number of benzene rings is 1. The first-order chi connectivity index (χ1) is 8.22. The van der Waals surface area contributed by atoms with Gasteiger partial charge in [0.15, 0.2) is 0 Å². The Morgan fingerprint density at radius 2 is 2.29 bits per heavy atom. The lowest BCUT2D eigenvalue weighted by molar-refractivity contribution is 0.253. The number of nitrogens with zero attached hydrogens (tertiary/aromatic N) is 2. The van der Waals surface area contributed by atoms with E-state index in [0.717, 1.165) is 23.2 Å². The fourth-order valence-corrected chi connectivity index (χ4v) is 1.75. The van der Waals surface area contributed by atoms with Gasteiger partial charge < -0.3 is 5.32 Å². The van der Waals surface area contributed by atoms with E-state index < -0.39 is 0 Å². The van der Waals surface area contributed by atoms with Crippen LogP contribution in [0.3, 0.4) is 0 Å². The van der Waals surface area contributed by atoms with Gasteiger partial charge in [-0.05, 0) is 24.5 Å². The average Bonchev–Trinajstić information content (AvgIpc) is 2.85. The monoisotopic (exact) mass is 229 g/mol. The smallest absolute Gasteiger partial charge is 0.307 e. The van der Waals surface area contributed by atoms with Crippen molar-refractivity contribution in [2.24, 2.45) is 0 Å². The number of hydrogen-bond acceptors (Lipinski definition) is 2. The molecule has 0 aliphatic carbocycles. The lowest BCUT2D eigenvalue weighted by Gasteiger charge is -2.12. The third-order valence-electron chi connectivity index (χ3n) is 2.71. The number of aromatic nitrogens is 2. The third kappa shape index (κ3) is 2.36. The molecule has 4 heteroatoms. The fraction of sp³-hybridized carbons (Fsp3) is 0.231. The second-order valence-corrected chi connectivity index (χ2v) is 3.86. The van der Waals surface area contributed by atoms with Crippen LogP contribution in [0.1, 0.15) is 18.1 Å². The number of carbonyl (C=O) groups excluding carboxylic acids is 1. The van der Waals surface area contributed by atoms with Gasteiger partial charge in [0.25, 0.3) is 0 Å². The summed E-state index contributed by atoms with van der Waals surface area (Å²) in [5.74, 6) is 0. The van der Waals surface area contributed by atoms with Crippen molar-refractivity contribution in [3.8, 4) is 0 Å². The van der Waals surface area contributed by atoms with E-state index in [1.807, 2.05) is 25.1 Å². The lowest BCUT2D eigenvalue weighted by atomic mass is 10.1. The van der Waals surface area contributed by atoms with E-state index in [1.165, 1.54) is 10.9 Å². The van der Waals surface area contributed by atoms with Crippen LogP contribution in [0.2, 0.25) is 0 Å². The zero-order chi connectivity index (χ0) is 12.3. The van der Waals surface area contributed by atoms with Gasteiger partial charge in [-0.3, -0.25) is 4.57 Å². The zero-order valence-electron chi connectivity index (χ0n) is 9.97. The Balaban J connectivity index is 2.27. The maximum absolute atomic E-state index is 11.9. The second-order valence-electron chi connectivity index (χ2n) is 3.86. The molecule has 1 aromatic carbocycles. The first-order valence-electron chi connectivity index (χ1n) is 5.60. The largest absolute Gasteiger partial charge is 0.331 e. The van der Waals surface area contributed by atoms with Crippen LogP contribution in [0.15, 0.2) is 36.9 Å². The highest BCUT2D eigenvalue weighted by molar-refractivity contribution is 5.92. The molecule has 2 aromatic rings. The number of para-hydroxylation sites is 1. The van der Waals surface area contributed by atoms with Crippen LogP contribution in [0.4, 0.5) is 10.5 Å². The quantitative estimate of drug-likeness (QED) is 0.860. The van der Waals surface area contributed by atoms with E-state index in [1.54, 1.807) is 12.4 Å². The SMILES string of the molecule is CCc1cccc(C)c1NC(=O)n1ccnc1. The molecule has 1 heterocycles. The Hall–Kier alpha value is -2.10. The van der Waals surface area contributed by atoms with Crippen LogP contribution < -0.4 is 5.32 Å². The highest BCUT2D eigenvalue weighted by Gasteiger charge is 2.09. The van der Waals surface area contributed by atoms with Gasteiger partial charge in [-0.15, -0.1) is 0 Å². The predicted molar refractivity (Wildman–Crippen MR) is 67.2 cm³/mol. The molecule has 1 aromatic heterocycles. The molecule has 0 bridgehead atoms. The predicted octanol–water partition coefficient (Wildman–Crippen LogP) is 2.83. The van der Waals surface area contributed by atoms with Gasteiger partial charge in [0.1, 0.15) is 6.33 Å². The number of anilines is 1. The van der Waals surface area contributed by atoms with Gasteiger partial charge in [0.05, 0.1) is 0 Å². The number of hydrogen-bond donors (Lipinski definition) is 1. The van der Waals surface area contributed by atoms with Crippen LogP contribution in [0, 0.1) is 6.92 Å². The normalized spacial score (nSPS) is 10.2. The molecule has 1 amide bonds. The summed E-state index contributed by atoms with van der Waals surface area (Å²) in [7, 11) is 0. The Morgan fingerprint density at radius 1 is 1.47 bits per heavy atom. The molecule has 17 heavy (non-hydrogen) atoms. The zero-order valence-corrected chi connectivity index (χ0v) is 9.97. The summed E-state index contributed by atoms with van der Waals surface area (Å²) in [4.78, 5) is 15.8. The Morgan fingerprint density at radius 3 is 2.94 bits per heavy atom. The van der Waals surface area contributed by atoms with Crippen molar-refractivity contribution in [3.63, 3.8) is 0 Å². The molecule has 0 spiro atoms. The van der Waals surface area contributed by atoms with Gasteiger partial charge in [0, 0.05) is 18.1 Å². The summed E-state index contributed by atoms with van der Waals surface area (Å²) < 4.78 is 1.42. The molecule has 0 radical (unpaired) electrons. The number of imidazole rings is 1. The number of rotatable bonds is 2. The molecule has 2 rings (SSSR count). The Bertz CT molecular complexity index is 517. The van der Waals surface area contributed by atoms with Gasteiger partial charge in [-0.2, -0.15) is 0 Å². The topological polar surface area (TPSA) is 46.9 Å². The highest BCUT2D eigenvalue weighted by atomic mass is 16.2. The minimum Gasteiger partial charge on any atom is -0.307 e. The molecule has 0 saturated heterocycles. The van der Waals surface area contributed by atoms with Crippen LogP contribution in [0.5, 0.6) is 0 Å². The number of aryl methyl sites for hydroxylation is 2. The highest BCUT2D eigenvalue weighted by Crippen LogP contribution is 2.21. The molecule has 4 nitrogen and oxygen atoms in total. The number of carbonyl (C=O) groups is 1. The van der Waals surface area contributed by atoms with Crippen LogP contribution in [-0.4, -0.2) is 15.6 Å². The maximum atomic E-state index is 11.9. The Labute approximate surface area is 100 Å². The molecule has 0 atom stereocenters. The molecule has 0 unspecified atom stereocenters. The van der Waals surface area contributed by atoms with Gasteiger partial charge >= 0.3 is 6.03 Å². The first-order valence-corrected chi connectivity index (χ1v) is 5.60. The van der Waals surface area contributed by atoms with Crippen molar-refractivity contribution in [3.05, 3.63) is 48.0 Å².